The zero-order valence-corrected chi connectivity index (χ0v) is 63.1. The summed E-state index contributed by atoms with van der Waals surface area (Å²) in [6.07, 6.45) is 54.2. The summed E-state index contributed by atoms with van der Waals surface area (Å²) in [6.45, 7) is 9.60. The normalized spacial score (nSPS) is 14.0. The van der Waals surface area contributed by atoms with Crippen LogP contribution in [0.1, 0.15) is 388 Å². The smallest absolute Gasteiger partial charge is 0.462 e. The number of hydrogen-bond acceptors (Lipinski definition) is 15. The van der Waals surface area contributed by atoms with E-state index in [0.717, 1.165) is 108 Å². The Kier molecular flexibility index (Phi) is 65.5. The highest BCUT2D eigenvalue weighted by Gasteiger charge is 2.30. The second-order valence-corrected chi connectivity index (χ2v) is 30.9. The molecule has 0 aromatic carbocycles. The lowest BCUT2D eigenvalue weighted by Crippen LogP contribution is -2.30. The minimum atomic E-state index is -4.96. The van der Waals surface area contributed by atoms with Gasteiger partial charge in [0.15, 0.2) is 12.2 Å². The topological polar surface area (TPSA) is 237 Å². The zero-order valence-electron chi connectivity index (χ0n) is 61.3. The predicted molar refractivity (Wildman–Crippen MR) is 381 cm³/mol. The summed E-state index contributed by atoms with van der Waals surface area (Å²) in [5, 5.41) is 10.6. The van der Waals surface area contributed by atoms with E-state index in [2.05, 4.69) is 41.5 Å². The summed E-state index contributed by atoms with van der Waals surface area (Å²) >= 11 is 0. The minimum absolute atomic E-state index is 0.106. The van der Waals surface area contributed by atoms with Crippen molar-refractivity contribution in [1.82, 2.24) is 0 Å². The van der Waals surface area contributed by atoms with Gasteiger partial charge in [-0.25, -0.2) is 9.13 Å². The SMILES string of the molecule is CCCCCCCCCCCCC(=O)O[C@H](COC(=O)CCCCCCCCCC)COP(=O)(O)OC[C@H](O)COP(=O)(O)OC[C@@H](COC(=O)CCCCCCCCCCCCCCC(C)C)OC(=O)CCCCCCCCCCCCCCCCCCCCC(C)C. The average molecular weight is 1380 g/mol. The molecule has 0 aromatic heterocycles. The largest absolute Gasteiger partial charge is 0.472 e. The van der Waals surface area contributed by atoms with Crippen LogP contribution in [0.3, 0.4) is 0 Å². The fourth-order valence-corrected chi connectivity index (χ4v) is 13.1. The Bertz CT molecular complexity index is 1820. The van der Waals surface area contributed by atoms with Crippen LogP contribution in [0, 0.1) is 11.8 Å². The Balaban J connectivity index is 5.17. The van der Waals surface area contributed by atoms with Crippen LogP contribution in [0.15, 0.2) is 0 Å². The van der Waals surface area contributed by atoms with E-state index in [0.29, 0.717) is 25.7 Å². The van der Waals surface area contributed by atoms with Crippen LogP contribution in [0.25, 0.3) is 0 Å². The van der Waals surface area contributed by atoms with E-state index in [1.165, 1.54) is 199 Å². The number of aliphatic hydroxyl groups excluding tert-OH is 1. The third-order valence-electron chi connectivity index (χ3n) is 17.5. The molecule has 0 aliphatic heterocycles. The second-order valence-electron chi connectivity index (χ2n) is 28.0. The fraction of sp³-hybridized carbons (Fsp3) is 0.947. The lowest BCUT2D eigenvalue weighted by molar-refractivity contribution is -0.161. The third kappa shape index (κ3) is 68.6. The number of hydrogen-bond donors (Lipinski definition) is 3. The molecule has 0 spiro atoms. The van der Waals surface area contributed by atoms with Crippen LogP contribution in [-0.4, -0.2) is 96.7 Å². The number of phosphoric acid groups is 2. The van der Waals surface area contributed by atoms with E-state index in [1.54, 1.807) is 0 Å². The van der Waals surface area contributed by atoms with Gasteiger partial charge in [-0.3, -0.25) is 37.3 Å². The van der Waals surface area contributed by atoms with E-state index in [9.17, 15) is 43.2 Å². The lowest BCUT2D eigenvalue weighted by atomic mass is 10.0. The van der Waals surface area contributed by atoms with Crippen molar-refractivity contribution in [3.8, 4) is 0 Å². The summed E-state index contributed by atoms with van der Waals surface area (Å²) in [7, 11) is -9.90. The maximum Gasteiger partial charge on any atom is 0.472 e. The van der Waals surface area contributed by atoms with Crippen molar-refractivity contribution >= 4 is 39.5 Å². The minimum Gasteiger partial charge on any atom is -0.462 e. The Hall–Kier alpha value is -1.94. The summed E-state index contributed by atoms with van der Waals surface area (Å²) in [6, 6.07) is 0. The van der Waals surface area contributed by atoms with Gasteiger partial charge in [0.25, 0.3) is 0 Å². The monoisotopic (exact) mass is 1380 g/mol. The number of ether oxygens (including phenoxy) is 4. The van der Waals surface area contributed by atoms with Gasteiger partial charge in [0, 0.05) is 25.7 Å². The van der Waals surface area contributed by atoms with Gasteiger partial charge in [-0.2, -0.15) is 0 Å². The molecular weight excluding hydrogens is 1230 g/mol. The molecule has 0 radical (unpaired) electrons. The number of esters is 4. The molecule has 94 heavy (non-hydrogen) atoms. The Labute approximate surface area is 575 Å². The highest BCUT2D eigenvalue weighted by molar-refractivity contribution is 7.47. The van der Waals surface area contributed by atoms with E-state index in [-0.39, 0.29) is 25.7 Å². The number of carbonyl (C=O) groups excluding carboxylic acids is 4. The quantitative estimate of drug-likeness (QED) is 0.0222. The summed E-state index contributed by atoms with van der Waals surface area (Å²) < 4.78 is 68.4. The van der Waals surface area contributed by atoms with Crippen LogP contribution < -0.4 is 0 Å². The highest BCUT2D eigenvalue weighted by Crippen LogP contribution is 2.45. The zero-order chi connectivity index (χ0) is 69.3. The van der Waals surface area contributed by atoms with E-state index >= 15 is 0 Å². The Morgan fingerprint density at radius 2 is 0.489 bits per heavy atom. The van der Waals surface area contributed by atoms with Gasteiger partial charge in [0.1, 0.15) is 19.3 Å². The number of phosphoric ester groups is 2. The van der Waals surface area contributed by atoms with Gasteiger partial charge < -0.3 is 33.8 Å². The molecule has 0 saturated heterocycles. The first-order chi connectivity index (χ1) is 45.4. The van der Waals surface area contributed by atoms with Crippen molar-refractivity contribution in [2.24, 2.45) is 11.8 Å². The Morgan fingerprint density at radius 1 is 0.287 bits per heavy atom. The molecule has 0 amide bonds. The van der Waals surface area contributed by atoms with Crippen molar-refractivity contribution in [2.45, 2.75) is 407 Å². The molecule has 19 heteroatoms. The molecule has 17 nitrogen and oxygen atoms in total. The van der Waals surface area contributed by atoms with Gasteiger partial charge in [0.2, 0.25) is 0 Å². The van der Waals surface area contributed by atoms with Crippen LogP contribution in [-0.2, 0) is 65.4 Å². The van der Waals surface area contributed by atoms with Crippen molar-refractivity contribution < 1.29 is 80.2 Å². The van der Waals surface area contributed by atoms with E-state index in [4.69, 9.17) is 37.0 Å². The van der Waals surface area contributed by atoms with Crippen molar-refractivity contribution in [1.29, 1.82) is 0 Å². The molecule has 0 heterocycles. The molecule has 2 unspecified atom stereocenters. The van der Waals surface area contributed by atoms with Gasteiger partial charge in [0.05, 0.1) is 26.4 Å². The van der Waals surface area contributed by atoms with E-state index in [1.807, 2.05) is 0 Å². The maximum absolute atomic E-state index is 13.1. The van der Waals surface area contributed by atoms with E-state index < -0.39 is 97.5 Å². The van der Waals surface area contributed by atoms with Crippen molar-refractivity contribution in [2.75, 3.05) is 39.6 Å². The molecule has 3 N–H and O–H groups in total. The first-order valence-electron chi connectivity index (χ1n) is 39.0. The third-order valence-corrected chi connectivity index (χ3v) is 19.4. The molecular formula is C75H146O17P2. The van der Waals surface area contributed by atoms with Crippen LogP contribution in [0.2, 0.25) is 0 Å². The van der Waals surface area contributed by atoms with Gasteiger partial charge in [-0.05, 0) is 37.5 Å². The number of unbranched alkanes of at least 4 members (excludes halogenated alkanes) is 44. The number of carbonyl (C=O) groups is 4. The van der Waals surface area contributed by atoms with Crippen LogP contribution >= 0.6 is 15.6 Å². The lowest BCUT2D eigenvalue weighted by Gasteiger charge is -2.21. The number of aliphatic hydroxyl groups is 1. The van der Waals surface area contributed by atoms with Crippen LogP contribution in [0.5, 0.6) is 0 Å². The molecule has 5 atom stereocenters. The maximum atomic E-state index is 13.1. The molecule has 0 saturated carbocycles. The van der Waals surface area contributed by atoms with Crippen molar-refractivity contribution in [3.05, 3.63) is 0 Å². The number of rotatable bonds is 74. The molecule has 558 valence electrons. The first kappa shape index (κ1) is 92.1. The first-order valence-corrected chi connectivity index (χ1v) is 42.0. The molecule has 0 aliphatic carbocycles. The standard InChI is InChI=1S/C75H146O17P2/c1-7-9-11-13-15-17-34-41-47-53-59-74(79)91-70(63-85-72(77)57-51-45-39-16-14-12-10-8-2)65-89-93(81,82)87-61-69(76)62-88-94(83,84)90-66-71(64-86-73(78)58-52-46-40-35-30-27-26-29-33-38-44-50-56-68(5)6)92-75(80)60-54-48-42-36-31-25-23-21-19-18-20-22-24-28-32-37-43-49-55-67(3)4/h67-71,76H,7-66H2,1-6H3,(H,81,82)(H,83,84)/t69-,70+,71+/m0/s1. The fourth-order valence-electron chi connectivity index (χ4n) is 11.5. The second kappa shape index (κ2) is 66.9. The Morgan fingerprint density at radius 3 is 0.723 bits per heavy atom. The van der Waals surface area contributed by atoms with Gasteiger partial charge >= 0.3 is 39.5 Å². The molecule has 0 bridgehead atoms. The van der Waals surface area contributed by atoms with Crippen molar-refractivity contribution in [3.63, 3.8) is 0 Å². The summed E-state index contributed by atoms with van der Waals surface area (Å²) in [4.78, 5) is 72.6. The molecule has 0 rings (SSSR count). The van der Waals surface area contributed by atoms with Gasteiger partial charge in [-0.15, -0.1) is 0 Å². The average Bonchev–Trinajstić information content (AvgIpc) is 1.42. The molecule has 0 aromatic rings. The highest BCUT2D eigenvalue weighted by atomic mass is 31.2. The summed E-state index contributed by atoms with van der Waals surface area (Å²) in [5.74, 6) is -0.518. The van der Waals surface area contributed by atoms with Crippen LogP contribution in [0.4, 0.5) is 0 Å². The molecule has 0 fully saturated rings. The molecule has 0 aliphatic rings. The summed E-state index contributed by atoms with van der Waals surface area (Å²) in [5.41, 5.74) is 0. The van der Waals surface area contributed by atoms with Gasteiger partial charge in [-0.1, -0.05) is 337 Å². The predicted octanol–water partition coefficient (Wildman–Crippen LogP) is 21.9.